The first kappa shape index (κ1) is 20.1. The number of carbonyl (C=O) groups excluding carboxylic acids is 1. The van der Waals surface area contributed by atoms with Crippen molar-refractivity contribution in [2.75, 3.05) is 6.54 Å². The van der Waals surface area contributed by atoms with Crippen molar-refractivity contribution in [3.05, 3.63) is 53.6 Å². The van der Waals surface area contributed by atoms with Gasteiger partial charge in [0, 0.05) is 37.3 Å². The van der Waals surface area contributed by atoms with Gasteiger partial charge < -0.3 is 5.32 Å². The monoisotopic (exact) mass is 404 g/mol. The number of rotatable bonds is 7. The van der Waals surface area contributed by atoms with Crippen LogP contribution in [0.2, 0.25) is 0 Å². The Morgan fingerprint density at radius 2 is 1.97 bits per heavy atom. The number of hydrogen-bond donors (Lipinski definition) is 1. The lowest BCUT2D eigenvalue weighted by atomic mass is 10.0. The van der Waals surface area contributed by atoms with Crippen molar-refractivity contribution in [2.24, 2.45) is 5.92 Å². The molecule has 1 amide bonds. The van der Waals surface area contributed by atoms with Gasteiger partial charge in [-0.25, -0.2) is 4.52 Å². The molecule has 4 rings (SSSR count). The second-order valence-corrected chi connectivity index (χ2v) is 8.32. The molecule has 7 nitrogen and oxygen atoms in total. The maximum atomic E-state index is 12.1. The highest BCUT2D eigenvalue weighted by molar-refractivity contribution is 5.78. The molecule has 0 aliphatic carbocycles. The molecule has 0 saturated carbocycles. The molecule has 7 heteroatoms. The molecule has 0 fully saturated rings. The minimum Gasteiger partial charge on any atom is -0.356 e. The summed E-state index contributed by atoms with van der Waals surface area (Å²) in [6.07, 6.45) is 5.75. The molecule has 1 aromatic carbocycles. The van der Waals surface area contributed by atoms with Crippen molar-refractivity contribution < 1.29 is 4.79 Å². The molecule has 3 heterocycles. The van der Waals surface area contributed by atoms with Gasteiger partial charge in [0.15, 0.2) is 5.65 Å². The van der Waals surface area contributed by atoms with E-state index in [0.29, 0.717) is 25.3 Å². The van der Waals surface area contributed by atoms with Gasteiger partial charge in [0.05, 0.1) is 5.69 Å². The van der Waals surface area contributed by atoms with Crippen LogP contribution >= 0.6 is 0 Å². The summed E-state index contributed by atoms with van der Waals surface area (Å²) >= 11 is 0. The predicted molar refractivity (Wildman–Crippen MR) is 117 cm³/mol. The third kappa shape index (κ3) is 4.06. The smallest absolute Gasteiger partial charge is 0.220 e. The summed E-state index contributed by atoms with van der Waals surface area (Å²) < 4.78 is 3.79. The van der Waals surface area contributed by atoms with E-state index < -0.39 is 0 Å². The molecule has 156 valence electrons. The van der Waals surface area contributed by atoms with E-state index in [1.54, 1.807) is 0 Å². The van der Waals surface area contributed by atoms with E-state index in [1.165, 1.54) is 11.1 Å². The number of amides is 1. The minimum atomic E-state index is 0.0510. The van der Waals surface area contributed by atoms with Crippen LogP contribution in [0.4, 0.5) is 0 Å². The molecule has 0 aliphatic heterocycles. The van der Waals surface area contributed by atoms with E-state index in [0.717, 1.165) is 34.7 Å². The third-order valence-electron chi connectivity index (χ3n) is 5.38. The van der Waals surface area contributed by atoms with Crippen LogP contribution in [-0.4, -0.2) is 36.7 Å². The summed E-state index contributed by atoms with van der Waals surface area (Å²) in [4.78, 5) is 12.1. The van der Waals surface area contributed by atoms with Crippen molar-refractivity contribution >= 4 is 17.1 Å². The Morgan fingerprint density at radius 3 is 2.77 bits per heavy atom. The SMILES string of the molecule is Cc1ccc(C)c(-c2cc3c4nnc(CCC(=O)NCCC(C)C)n4ccn3n2)c1. The normalized spacial score (nSPS) is 11.6. The maximum Gasteiger partial charge on any atom is 0.220 e. The molecule has 0 saturated heterocycles. The molecular weight excluding hydrogens is 376 g/mol. The Labute approximate surface area is 176 Å². The second-order valence-electron chi connectivity index (χ2n) is 8.32. The maximum absolute atomic E-state index is 12.1. The van der Waals surface area contributed by atoms with E-state index in [4.69, 9.17) is 5.10 Å². The van der Waals surface area contributed by atoms with Crippen molar-refractivity contribution in [2.45, 2.75) is 47.0 Å². The summed E-state index contributed by atoms with van der Waals surface area (Å²) in [5.41, 5.74) is 6.07. The fourth-order valence-electron chi connectivity index (χ4n) is 3.59. The topological polar surface area (TPSA) is 76.6 Å². The second kappa shape index (κ2) is 8.26. The zero-order chi connectivity index (χ0) is 21.3. The molecule has 0 bridgehead atoms. The van der Waals surface area contributed by atoms with Gasteiger partial charge in [-0.15, -0.1) is 10.2 Å². The van der Waals surface area contributed by atoms with Crippen LogP contribution in [0, 0.1) is 19.8 Å². The average Bonchev–Trinajstić information content (AvgIpc) is 3.31. The van der Waals surface area contributed by atoms with Gasteiger partial charge in [0.2, 0.25) is 5.91 Å². The van der Waals surface area contributed by atoms with Gasteiger partial charge in [0.25, 0.3) is 0 Å². The predicted octanol–water partition coefficient (Wildman–Crippen LogP) is 3.76. The van der Waals surface area contributed by atoms with E-state index in [1.807, 2.05) is 27.4 Å². The van der Waals surface area contributed by atoms with Gasteiger partial charge in [0.1, 0.15) is 11.3 Å². The van der Waals surface area contributed by atoms with Gasteiger partial charge in [-0.1, -0.05) is 31.5 Å². The molecule has 4 aromatic rings. The molecule has 0 atom stereocenters. The molecule has 30 heavy (non-hydrogen) atoms. The first-order valence-electron chi connectivity index (χ1n) is 10.5. The lowest BCUT2D eigenvalue weighted by Gasteiger charge is -2.06. The van der Waals surface area contributed by atoms with Crippen LogP contribution in [0.5, 0.6) is 0 Å². The number of benzene rings is 1. The highest BCUT2D eigenvalue weighted by atomic mass is 16.1. The van der Waals surface area contributed by atoms with Crippen LogP contribution in [0.1, 0.15) is 43.6 Å². The molecule has 0 spiro atoms. The molecule has 0 radical (unpaired) electrons. The molecule has 0 unspecified atom stereocenters. The van der Waals surface area contributed by atoms with E-state index in [-0.39, 0.29) is 5.91 Å². The lowest BCUT2D eigenvalue weighted by Crippen LogP contribution is -2.25. The Balaban J connectivity index is 1.57. The Morgan fingerprint density at radius 1 is 1.13 bits per heavy atom. The van der Waals surface area contributed by atoms with E-state index >= 15 is 0 Å². The minimum absolute atomic E-state index is 0.0510. The fraction of sp³-hybridized carbons (Fsp3) is 0.391. The summed E-state index contributed by atoms with van der Waals surface area (Å²) in [5, 5.41) is 16.4. The first-order valence-corrected chi connectivity index (χ1v) is 10.5. The Kier molecular flexibility index (Phi) is 5.53. The Hall–Kier alpha value is -3.22. The average molecular weight is 405 g/mol. The number of fused-ring (bicyclic) bond motifs is 3. The van der Waals surface area contributed by atoms with Crippen LogP contribution in [0.3, 0.4) is 0 Å². The molecule has 0 aliphatic rings. The highest BCUT2D eigenvalue weighted by Crippen LogP contribution is 2.26. The van der Waals surface area contributed by atoms with E-state index in [2.05, 4.69) is 61.4 Å². The van der Waals surface area contributed by atoms with Crippen molar-refractivity contribution in [3.8, 4) is 11.3 Å². The van der Waals surface area contributed by atoms with Crippen molar-refractivity contribution in [3.63, 3.8) is 0 Å². The van der Waals surface area contributed by atoms with Crippen LogP contribution in [0.15, 0.2) is 36.7 Å². The highest BCUT2D eigenvalue weighted by Gasteiger charge is 2.14. The van der Waals surface area contributed by atoms with Crippen molar-refractivity contribution in [1.82, 2.24) is 29.5 Å². The number of nitrogens with one attached hydrogen (secondary N) is 1. The number of aromatic nitrogens is 5. The molecule has 1 N–H and O–H groups in total. The number of nitrogens with zero attached hydrogens (tertiary/aromatic N) is 5. The summed E-state index contributed by atoms with van der Waals surface area (Å²) in [6, 6.07) is 8.43. The standard InChI is InChI=1S/C23H28N6O/c1-15(2)9-10-24-22(30)8-7-21-25-26-23-20-14-19(27-29(20)12-11-28(21)23)18-13-16(3)5-6-17(18)4/h5-6,11-15H,7-10H2,1-4H3,(H,24,30). The molecule has 3 aromatic heterocycles. The fourth-order valence-corrected chi connectivity index (χ4v) is 3.59. The third-order valence-corrected chi connectivity index (χ3v) is 5.38. The zero-order valence-electron chi connectivity index (χ0n) is 18.0. The van der Waals surface area contributed by atoms with Crippen LogP contribution in [-0.2, 0) is 11.2 Å². The number of hydrogen-bond acceptors (Lipinski definition) is 4. The first-order chi connectivity index (χ1) is 14.4. The summed E-state index contributed by atoms with van der Waals surface area (Å²) in [7, 11) is 0. The quantitative estimate of drug-likeness (QED) is 0.509. The Bertz CT molecular complexity index is 1200. The summed E-state index contributed by atoms with van der Waals surface area (Å²) in [5.74, 6) is 1.41. The van der Waals surface area contributed by atoms with Crippen LogP contribution in [0.25, 0.3) is 22.4 Å². The zero-order valence-corrected chi connectivity index (χ0v) is 18.0. The van der Waals surface area contributed by atoms with Gasteiger partial charge in [-0.3, -0.25) is 9.20 Å². The van der Waals surface area contributed by atoms with Crippen LogP contribution < -0.4 is 5.32 Å². The lowest BCUT2D eigenvalue weighted by molar-refractivity contribution is -0.121. The van der Waals surface area contributed by atoms with Gasteiger partial charge >= 0.3 is 0 Å². The van der Waals surface area contributed by atoms with Gasteiger partial charge in [-0.05, 0) is 43.9 Å². The number of carbonyl (C=O) groups is 1. The van der Waals surface area contributed by atoms with Crippen molar-refractivity contribution in [1.29, 1.82) is 0 Å². The summed E-state index contributed by atoms with van der Waals surface area (Å²) in [6.45, 7) is 9.19. The number of aryl methyl sites for hydroxylation is 3. The van der Waals surface area contributed by atoms with E-state index in [9.17, 15) is 4.79 Å². The molecular formula is C23H28N6O. The largest absolute Gasteiger partial charge is 0.356 e. The van der Waals surface area contributed by atoms with Gasteiger partial charge in [-0.2, -0.15) is 5.10 Å².